The van der Waals surface area contributed by atoms with Gasteiger partial charge in [0.1, 0.15) is 0 Å². The predicted octanol–water partition coefficient (Wildman–Crippen LogP) is 2.56. The van der Waals surface area contributed by atoms with E-state index in [0.29, 0.717) is 6.42 Å². The molecule has 0 rings (SSSR count). The SMILES string of the molecule is CCOC(=O)C(C)(CC(C)CC)C(=O)OCC. The lowest BCUT2D eigenvalue weighted by Gasteiger charge is -2.27. The Kier molecular flexibility index (Phi) is 6.85. The molecule has 0 saturated heterocycles. The van der Waals surface area contributed by atoms with Crippen LogP contribution >= 0.6 is 0 Å². The van der Waals surface area contributed by atoms with E-state index in [2.05, 4.69) is 0 Å². The minimum atomic E-state index is -1.18. The van der Waals surface area contributed by atoms with Gasteiger partial charge in [-0.1, -0.05) is 20.3 Å². The molecule has 0 spiro atoms. The molecule has 17 heavy (non-hydrogen) atoms. The Morgan fingerprint density at radius 2 is 1.47 bits per heavy atom. The first kappa shape index (κ1) is 15.9. The molecule has 0 amide bonds. The van der Waals surface area contributed by atoms with E-state index in [-0.39, 0.29) is 19.1 Å². The van der Waals surface area contributed by atoms with Crippen molar-refractivity contribution in [2.45, 2.75) is 47.5 Å². The maximum atomic E-state index is 11.9. The van der Waals surface area contributed by atoms with Crippen LogP contribution < -0.4 is 0 Å². The molecule has 0 aliphatic heterocycles. The second kappa shape index (κ2) is 7.30. The van der Waals surface area contributed by atoms with Gasteiger partial charge in [-0.2, -0.15) is 0 Å². The largest absolute Gasteiger partial charge is 0.465 e. The summed E-state index contributed by atoms with van der Waals surface area (Å²) in [6.07, 6.45) is 1.37. The van der Waals surface area contributed by atoms with E-state index in [0.717, 1.165) is 6.42 Å². The Balaban J connectivity index is 4.91. The number of rotatable bonds is 7. The Hall–Kier alpha value is -1.06. The average molecular weight is 244 g/mol. The lowest BCUT2D eigenvalue weighted by Crippen LogP contribution is -2.40. The standard InChI is InChI=1S/C13H24O4/c1-6-10(4)9-13(5,11(14)16-7-2)12(15)17-8-3/h10H,6-9H2,1-5H3. The molecule has 0 aromatic heterocycles. The fourth-order valence-electron chi connectivity index (χ4n) is 1.67. The molecule has 4 nitrogen and oxygen atoms in total. The zero-order valence-electron chi connectivity index (χ0n) is 11.5. The summed E-state index contributed by atoms with van der Waals surface area (Å²) >= 11 is 0. The molecular weight excluding hydrogens is 220 g/mol. The molecule has 1 atom stereocenters. The summed E-state index contributed by atoms with van der Waals surface area (Å²) < 4.78 is 9.96. The van der Waals surface area contributed by atoms with Gasteiger partial charge < -0.3 is 9.47 Å². The highest BCUT2D eigenvalue weighted by molar-refractivity contribution is 5.99. The molecule has 0 aliphatic carbocycles. The number of carbonyl (C=O) groups is 2. The highest BCUT2D eigenvalue weighted by Gasteiger charge is 2.44. The second-order valence-electron chi connectivity index (χ2n) is 4.49. The van der Waals surface area contributed by atoms with Crippen molar-refractivity contribution in [2.75, 3.05) is 13.2 Å². The van der Waals surface area contributed by atoms with Crippen LogP contribution in [-0.4, -0.2) is 25.2 Å². The van der Waals surface area contributed by atoms with Gasteiger partial charge in [0.15, 0.2) is 5.41 Å². The zero-order chi connectivity index (χ0) is 13.5. The molecule has 0 N–H and O–H groups in total. The van der Waals surface area contributed by atoms with E-state index >= 15 is 0 Å². The summed E-state index contributed by atoms with van der Waals surface area (Å²) in [5.41, 5.74) is -1.18. The van der Waals surface area contributed by atoms with Gasteiger partial charge >= 0.3 is 11.9 Å². The molecule has 0 aromatic rings. The monoisotopic (exact) mass is 244 g/mol. The van der Waals surface area contributed by atoms with Gasteiger partial charge in [0, 0.05) is 0 Å². The summed E-state index contributed by atoms with van der Waals surface area (Å²) in [6, 6.07) is 0. The molecule has 0 heterocycles. The second-order valence-corrected chi connectivity index (χ2v) is 4.49. The summed E-state index contributed by atoms with van der Waals surface area (Å²) in [7, 11) is 0. The van der Waals surface area contributed by atoms with Gasteiger partial charge in [-0.05, 0) is 33.1 Å². The van der Waals surface area contributed by atoms with Gasteiger partial charge in [0.25, 0.3) is 0 Å². The first-order valence-corrected chi connectivity index (χ1v) is 6.26. The van der Waals surface area contributed by atoms with Crippen LogP contribution in [0.25, 0.3) is 0 Å². The van der Waals surface area contributed by atoms with E-state index in [1.54, 1.807) is 20.8 Å². The number of carbonyl (C=O) groups excluding carboxylic acids is 2. The van der Waals surface area contributed by atoms with E-state index in [1.165, 1.54) is 0 Å². The fraction of sp³-hybridized carbons (Fsp3) is 0.846. The Labute approximate surface area is 104 Å². The topological polar surface area (TPSA) is 52.6 Å². The smallest absolute Gasteiger partial charge is 0.323 e. The minimum Gasteiger partial charge on any atom is -0.465 e. The summed E-state index contributed by atoms with van der Waals surface area (Å²) in [6.45, 7) is 9.65. The van der Waals surface area contributed by atoms with Gasteiger partial charge in [-0.15, -0.1) is 0 Å². The van der Waals surface area contributed by atoms with Crippen molar-refractivity contribution < 1.29 is 19.1 Å². The summed E-state index contributed by atoms with van der Waals surface area (Å²) in [4.78, 5) is 23.8. The summed E-state index contributed by atoms with van der Waals surface area (Å²) in [5.74, 6) is -0.702. The van der Waals surface area contributed by atoms with Crippen LogP contribution in [0.5, 0.6) is 0 Å². The van der Waals surface area contributed by atoms with Crippen LogP contribution in [-0.2, 0) is 19.1 Å². The van der Waals surface area contributed by atoms with Crippen LogP contribution in [0.15, 0.2) is 0 Å². The van der Waals surface area contributed by atoms with Crippen molar-refractivity contribution in [1.82, 2.24) is 0 Å². The van der Waals surface area contributed by atoms with Crippen molar-refractivity contribution in [3.63, 3.8) is 0 Å². The molecule has 0 aliphatic rings. The van der Waals surface area contributed by atoms with Crippen LogP contribution in [0, 0.1) is 11.3 Å². The van der Waals surface area contributed by atoms with Crippen LogP contribution in [0.2, 0.25) is 0 Å². The lowest BCUT2D eigenvalue weighted by molar-refractivity contribution is -0.172. The molecule has 0 aromatic carbocycles. The Bertz CT molecular complexity index is 242. The average Bonchev–Trinajstić information content (AvgIpc) is 2.29. The van der Waals surface area contributed by atoms with E-state index in [9.17, 15) is 9.59 Å². The van der Waals surface area contributed by atoms with E-state index in [1.807, 2.05) is 13.8 Å². The van der Waals surface area contributed by atoms with Crippen LogP contribution in [0.1, 0.15) is 47.5 Å². The fourth-order valence-corrected chi connectivity index (χ4v) is 1.67. The van der Waals surface area contributed by atoms with Crippen molar-refractivity contribution in [3.8, 4) is 0 Å². The molecule has 100 valence electrons. The molecule has 0 radical (unpaired) electrons. The Morgan fingerprint density at radius 3 is 1.76 bits per heavy atom. The van der Waals surface area contributed by atoms with E-state index < -0.39 is 17.4 Å². The molecule has 1 unspecified atom stereocenters. The lowest BCUT2D eigenvalue weighted by atomic mass is 9.80. The molecule has 0 fully saturated rings. The van der Waals surface area contributed by atoms with Gasteiger partial charge in [-0.3, -0.25) is 9.59 Å². The maximum Gasteiger partial charge on any atom is 0.323 e. The normalized spacial score (nSPS) is 13.0. The van der Waals surface area contributed by atoms with Gasteiger partial charge in [0.05, 0.1) is 13.2 Å². The van der Waals surface area contributed by atoms with Crippen molar-refractivity contribution in [1.29, 1.82) is 0 Å². The highest BCUT2D eigenvalue weighted by atomic mass is 16.6. The molecule has 0 saturated carbocycles. The molecule has 4 heteroatoms. The van der Waals surface area contributed by atoms with Gasteiger partial charge in [0.2, 0.25) is 0 Å². The van der Waals surface area contributed by atoms with Crippen molar-refractivity contribution in [3.05, 3.63) is 0 Å². The number of ether oxygens (including phenoxy) is 2. The first-order chi connectivity index (χ1) is 7.92. The quantitative estimate of drug-likeness (QED) is 0.510. The van der Waals surface area contributed by atoms with Crippen LogP contribution in [0.3, 0.4) is 0 Å². The minimum absolute atomic E-state index is 0.272. The van der Waals surface area contributed by atoms with Crippen LogP contribution in [0.4, 0.5) is 0 Å². The third-order valence-corrected chi connectivity index (χ3v) is 2.91. The molecule has 0 bridgehead atoms. The third kappa shape index (κ3) is 4.36. The zero-order valence-corrected chi connectivity index (χ0v) is 11.5. The number of hydrogen-bond donors (Lipinski definition) is 0. The molecular formula is C13H24O4. The van der Waals surface area contributed by atoms with Gasteiger partial charge in [-0.25, -0.2) is 0 Å². The maximum absolute atomic E-state index is 11.9. The first-order valence-electron chi connectivity index (χ1n) is 6.26. The predicted molar refractivity (Wildman–Crippen MR) is 65.4 cm³/mol. The number of esters is 2. The van der Waals surface area contributed by atoms with Crippen molar-refractivity contribution >= 4 is 11.9 Å². The number of hydrogen-bond acceptors (Lipinski definition) is 4. The van der Waals surface area contributed by atoms with Crippen molar-refractivity contribution in [2.24, 2.45) is 11.3 Å². The summed E-state index contributed by atoms with van der Waals surface area (Å²) in [5, 5.41) is 0. The Morgan fingerprint density at radius 1 is 1.06 bits per heavy atom. The highest BCUT2D eigenvalue weighted by Crippen LogP contribution is 2.30. The van der Waals surface area contributed by atoms with E-state index in [4.69, 9.17) is 9.47 Å². The third-order valence-electron chi connectivity index (χ3n) is 2.91.